The molecule has 1 amide bonds. The lowest BCUT2D eigenvalue weighted by atomic mass is 10.1. The minimum atomic E-state index is -0.981. The Morgan fingerprint density at radius 2 is 2.20 bits per heavy atom. The molecule has 2 rings (SSSR count). The first kappa shape index (κ1) is 13.7. The lowest BCUT2D eigenvalue weighted by Gasteiger charge is -2.11. The summed E-state index contributed by atoms with van der Waals surface area (Å²) in [5, 5.41) is 13.2. The Labute approximate surface area is 113 Å². The molecule has 2 aromatic rings. The average Bonchev–Trinajstić information content (AvgIpc) is 2.92. The molecule has 1 aromatic heterocycles. The molecule has 1 N–H and O–H groups in total. The molecule has 1 aromatic carbocycles. The van der Waals surface area contributed by atoms with Crippen molar-refractivity contribution in [2.45, 2.75) is 13.0 Å². The Kier molecular flexibility index (Phi) is 3.79. The quantitative estimate of drug-likeness (QED) is 0.688. The van der Waals surface area contributed by atoms with Crippen LogP contribution >= 0.6 is 0 Å². The molecule has 104 valence electrons. The summed E-state index contributed by atoms with van der Waals surface area (Å²) in [6.45, 7) is 1.70. The SMILES string of the molecule is C[C@H](NC(=O)c1ccc(F)c([N+](=O)[O-])c1)c1ccco1. The van der Waals surface area contributed by atoms with Crippen LogP contribution in [0.2, 0.25) is 0 Å². The summed E-state index contributed by atoms with van der Waals surface area (Å²) >= 11 is 0. The van der Waals surface area contributed by atoms with Crippen molar-refractivity contribution in [1.29, 1.82) is 0 Å². The van der Waals surface area contributed by atoms with Crippen LogP contribution in [0.15, 0.2) is 41.0 Å². The first-order valence-electron chi connectivity index (χ1n) is 5.77. The molecule has 0 aliphatic rings. The number of benzene rings is 1. The second-order valence-electron chi connectivity index (χ2n) is 4.13. The third-order valence-corrected chi connectivity index (χ3v) is 2.72. The number of rotatable bonds is 4. The van der Waals surface area contributed by atoms with Crippen LogP contribution < -0.4 is 5.32 Å². The Morgan fingerprint density at radius 3 is 2.80 bits per heavy atom. The molecule has 0 radical (unpaired) electrons. The van der Waals surface area contributed by atoms with Gasteiger partial charge in [-0.3, -0.25) is 14.9 Å². The van der Waals surface area contributed by atoms with Gasteiger partial charge in [0.1, 0.15) is 5.76 Å². The van der Waals surface area contributed by atoms with Gasteiger partial charge in [-0.2, -0.15) is 4.39 Å². The highest BCUT2D eigenvalue weighted by Crippen LogP contribution is 2.19. The third kappa shape index (κ3) is 2.82. The van der Waals surface area contributed by atoms with Gasteiger partial charge in [0.05, 0.1) is 17.2 Å². The zero-order chi connectivity index (χ0) is 14.7. The minimum Gasteiger partial charge on any atom is -0.467 e. The van der Waals surface area contributed by atoms with E-state index in [0.29, 0.717) is 5.76 Å². The van der Waals surface area contributed by atoms with Crippen LogP contribution in [0.25, 0.3) is 0 Å². The molecule has 0 unspecified atom stereocenters. The lowest BCUT2D eigenvalue weighted by Crippen LogP contribution is -2.26. The number of halogens is 1. The van der Waals surface area contributed by atoms with Crippen molar-refractivity contribution in [3.63, 3.8) is 0 Å². The molecule has 6 nitrogen and oxygen atoms in total. The number of carbonyl (C=O) groups is 1. The van der Waals surface area contributed by atoms with E-state index >= 15 is 0 Å². The smallest absolute Gasteiger partial charge is 0.305 e. The van der Waals surface area contributed by atoms with Crippen LogP contribution in [0.1, 0.15) is 29.1 Å². The van der Waals surface area contributed by atoms with Crippen molar-refractivity contribution in [2.24, 2.45) is 0 Å². The highest BCUT2D eigenvalue weighted by Gasteiger charge is 2.19. The maximum Gasteiger partial charge on any atom is 0.305 e. The van der Waals surface area contributed by atoms with E-state index in [0.717, 1.165) is 12.1 Å². The van der Waals surface area contributed by atoms with E-state index in [1.165, 1.54) is 12.3 Å². The molecule has 7 heteroatoms. The van der Waals surface area contributed by atoms with Crippen LogP contribution in [-0.2, 0) is 0 Å². The van der Waals surface area contributed by atoms with E-state index in [1.807, 2.05) is 0 Å². The van der Waals surface area contributed by atoms with E-state index in [1.54, 1.807) is 19.1 Å². The molecule has 1 atom stereocenters. The Balaban J connectivity index is 2.17. The first-order valence-corrected chi connectivity index (χ1v) is 5.77. The zero-order valence-corrected chi connectivity index (χ0v) is 10.5. The topological polar surface area (TPSA) is 85.4 Å². The highest BCUT2D eigenvalue weighted by molar-refractivity contribution is 5.95. The van der Waals surface area contributed by atoms with Gasteiger partial charge in [-0.15, -0.1) is 0 Å². The summed E-state index contributed by atoms with van der Waals surface area (Å²) in [4.78, 5) is 21.7. The number of hydrogen-bond donors (Lipinski definition) is 1. The summed E-state index contributed by atoms with van der Waals surface area (Å²) in [6, 6.07) is 5.96. The summed E-state index contributed by atoms with van der Waals surface area (Å²) in [6.07, 6.45) is 1.47. The molecule has 0 spiro atoms. The average molecular weight is 278 g/mol. The Morgan fingerprint density at radius 1 is 1.45 bits per heavy atom. The predicted molar refractivity (Wildman–Crippen MR) is 67.6 cm³/mol. The Hall–Kier alpha value is -2.70. The number of hydrogen-bond acceptors (Lipinski definition) is 4. The lowest BCUT2D eigenvalue weighted by molar-refractivity contribution is -0.387. The van der Waals surface area contributed by atoms with Crippen molar-refractivity contribution in [1.82, 2.24) is 5.32 Å². The molecular formula is C13H11FN2O4. The van der Waals surface area contributed by atoms with Crippen LogP contribution in [-0.4, -0.2) is 10.8 Å². The molecule has 1 heterocycles. The van der Waals surface area contributed by atoms with E-state index in [4.69, 9.17) is 4.42 Å². The number of carbonyl (C=O) groups excluding carboxylic acids is 1. The first-order chi connectivity index (χ1) is 9.49. The molecular weight excluding hydrogens is 267 g/mol. The Bertz CT molecular complexity index is 640. The zero-order valence-electron chi connectivity index (χ0n) is 10.5. The minimum absolute atomic E-state index is 0.0107. The van der Waals surface area contributed by atoms with Gasteiger partial charge >= 0.3 is 5.69 Å². The molecule has 20 heavy (non-hydrogen) atoms. The number of amides is 1. The summed E-state index contributed by atoms with van der Waals surface area (Å²) < 4.78 is 18.3. The molecule has 0 bridgehead atoms. The van der Waals surface area contributed by atoms with Crippen LogP contribution in [0.3, 0.4) is 0 Å². The van der Waals surface area contributed by atoms with Gasteiger partial charge in [0.15, 0.2) is 0 Å². The van der Waals surface area contributed by atoms with Gasteiger partial charge in [0.25, 0.3) is 5.91 Å². The van der Waals surface area contributed by atoms with E-state index in [-0.39, 0.29) is 5.56 Å². The molecule has 0 aliphatic heterocycles. The normalized spacial score (nSPS) is 11.9. The van der Waals surface area contributed by atoms with E-state index in [9.17, 15) is 19.3 Å². The second kappa shape index (κ2) is 5.52. The van der Waals surface area contributed by atoms with Crippen LogP contribution in [0.4, 0.5) is 10.1 Å². The molecule has 0 aliphatic carbocycles. The van der Waals surface area contributed by atoms with Crippen molar-refractivity contribution in [2.75, 3.05) is 0 Å². The number of nitrogens with one attached hydrogen (secondary N) is 1. The standard InChI is InChI=1S/C13H11FN2O4/c1-8(12-3-2-6-20-12)15-13(17)9-4-5-10(14)11(7-9)16(18)19/h2-8H,1H3,(H,15,17)/t8-/m0/s1. The molecule has 0 saturated heterocycles. The fraction of sp³-hybridized carbons (Fsp3) is 0.154. The van der Waals surface area contributed by atoms with E-state index < -0.39 is 28.4 Å². The third-order valence-electron chi connectivity index (χ3n) is 2.72. The second-order valence-corrected chi connectivity index (χ2v) is 4.13. The van der Waals surface area contributed by atoms with Crippen LogP contribution in [0.5, 0.6) is 0 Å². The summed E-state index contributed by atoms with van der Waals surface area (Å²) in [5.41, 5.74) is -0.722. The number of nitro groups is 1. The van der Waals surface area contributed by atoms with Gasteiger partial charge in [-0.05, 0) is 31.2 Å². The summed E-state index contributed by atoms with van der Waals surface area (Å²) in [5.74, 6) is -0.974. The summed E-state index contributed by atoms with van der Waals surface area (Å²) in [7, 11) is 0. The van der Waals surface area contributed by atoms with Gasteiger partial charge in [0.2, 0.25) is 5.82 Å². The maximum absolute atomic E-state index is 13.2. The monoisotopic (exact) mass is 278 g/mol. The van der Waals surface area contributed by atoms with Crippen LogP contribution in [0, 0.1) is 15.9 Å². The largest absolute Gasteiger partial charge is 0.467 e. The highest BCUT2D eigenvalue weighted by atomic mass is 19.1. The predicted octanol–water partition coefficient (Wildman–Crippen LogP) is 2.82. The fourth-order valence-corrected chi connectivity index (χ4v) is 1.68. The number of nitro benzene ring substituents is 1. The van der Waals surface area contributed by atoms with Gasteiger partial charge in [0, 0.05) is 11.6 Å². The molecule has 0 saturated carbocycles. The van der Waals surface area contributed by atoms with Crippen molar-refractivity contribution >= 4 is 11.6 Å². The number of nitrogens with zero attached hydrogens (tertiary/aromatic N) is 1. The molecule has 0 fully saturated rings. The van der Waals surface area contributed by atoms with Gasteiger partial charge < -0.3 is 9.73 Å². The fourth-order valence-electron chi connectivity index (χ4n) is 1.68. The van der Waals surface area contributed by atoms with Gasteiger partial charge in [-0.25, -0.2) is 0 Å². The van der Waals surface area contributed by atoms with E-state index in [2.05, 4.69) is 5.32 Å². The van der Waals surface area contributed by atoms with Gasteiger partial charge in [-0.1, -0.05) is 0 Å². The maximum atomic E-state index is 13.2. The van der Waals surface area contributed by atoms with Crippen molar-refractivity contribution in [3.8, 4) is 0 Å². The van der Waals surface area contributed by atoms with Crippen molar-refractivity contribution < 1.29 is 18.5 Å². The number of furan rings is 1. The van der Waals surface area contributed by atoms with Crippen molar-refractivity contribution in [3.05, 3.63) is 63.9 Å².